The van der Waals surface area contributed by atoms with E-state index in [1.54, 1.807) is 6.20 Å². The fourth-order valence-electron chi connectivity index (χ4n) is 2.39. The molecule has 0 atom stereocenters. The third kappa shape index (κ3) is 2.10. The van der Waals surface area contributed by atoms with Gasteiger partial charge in [-0.3, -0.25) is 5.10 Å². The van der Waals surface area contributed by atoms with Gasteiger partial charge in [0, 0.05) is 17.1 Å². The van der Waals surface area contributed by atoms with E-state index in [1.165, 1.54) is 0 Å². The van der Waals surface area contributed by atoms with E-state index in [4.69, 9.17) is 15.2 Å². The highest BCUT2D eigenvalue weighted by molar-refractivity contribution is 5.90. The van der Waals surface area contributed by atoms with E-state index >= 15 is 0 Å². The highest BCUT2D eigenvalue weighted by Gasteiger charge is 2.12. The first-order chi connectivity index (χ1) is 10.3. The summed E-state index contributed by atoms with van der Waals surface area (Å²) in [6.45, 7) is 1.15. The van der Waals surface area contributed by atoms with Crippen molar-refractivity contribution in [3.63, 3.8) is 0 Å². The molecule has 0 spiro atoms. The highest BCUT2D eigenvalue weighted by Crippen LogP contribution is 2.35. The summed E-state index contributed by atoms with van der Waals surface area (Å²) in [4.78, 5) is 0. The number of aromatic nitrogens is 2. The van der Waals surface area contributed by atoms with Crippen LogP contribution in [0.15, 0.2) is 36.5 Å². The second-order valence-corrected chi connectivity index (χ2v) is 4.88. The maximum absolute atomic E-state index is 6.07. The molecule has 0 bridgehead atoms. The van der Waals surface area contributed by atoms with Crippen molar-refractivity contribution in [2.45, 2.75) is 0 Å². The zero-order valence-corrected chi connectivity index (χ0v) is 11.2. The van der Waals surface area contributed by atoms with Gasteiger partial charge >= 0.3 is 0 Å². The molecule has 0 saturated heterocycles. The number of nitrogens with two attached hydrogens (primary N) is 1. The molecule has 1 aromatic heterocycles. The van der Waals surface area contributed by atoms with Gasteiger partial charge in [-0.1, -0.05) is 0 Å². The molecule has 0 fully saturated rings. The summed E-state index contributed by atoms with van der Waals surface area (Å²) in [6, 6.07) is 9.56. The lowest BCUT2D eigenvalue weighted by Crippen LogP contribution is -2.15. The van der Waals surface area contributed by atoms with Crippen molar-refractivity contribution in [2.75, 3.05) is 24.3 Å². The number of H-pyrrole nitrogens is 1. The molecule has 4 N–H and O–H groups in total. The van der Waals surface area contributed by atoms with Gasteiger partial charge in [0.05, 0.1) is 23.1 Å². The van der Waals surface area contributed by atoms with Crippen LogP contribution in [0, 0.1) is 0 Å². The minimum atomic E-state index is 0.568. The molecule has 106 valence electrons. The van der Waals surface area contributed by atoms with Crippen molar-refractivity contribution in [3.8, 4) is 11.5 Å². The minimum Gasteiger partial charge on any atom is -0.486 e. The summed E-state index contributed by atoms with van der Waals surface area (Å²) in [5, 5.41) is 11.2. The Morgan fingerprint density at radius 2 is 1.95 bits per heavy atom. The van der Waals surface area contributed by atoms with Gasteiger partial charge in [0.15, 0.2) is 11.5 Å². The van der Waals surface area contributed by atoms with Gasteiger partial charge in [-0.05, 0) is 24.3 Å². The standard InChI is InChI=1S/C15H14N4O2/c16-11-5-9-8-17-19-12(9)7-13(11)18-10-1-2-14-15(6-10)21-4-3-20-14/h1-2,5-8,18H,3-4,16H2,(H,17,19). The first-order valence-corrected chi connectivity index (χ1v) is 6.69. The van der Waals surface area contributed by atoms with E-state index < -0.39 is 0 Å². The quantitative estimate of drug-likeness (QED) is 0.629. The highest BCUT2D eigenvalue weighted by atomic mass is 16.6. The van der Waals surface area contributed by atoms with Crippen LogP contribution in [-0.2, 0) is 0 Å². The topological polar surface area (TPSA) is 85.2 Å². The molecule has 1 aliphatic rings. The van der Waals surface area contributed by atoms with Gasteiger partial charge in [0.1, 0.15) is 13.2 Å². The second-order valence-electron chi connectivity index (χ2n) is 4.88. The number of nitrogen functional groups attached to an aromatic ring is 1. The van der Waals surface area contributed by atoms with Crippen molar-refractivity contribution < 1.29 is 9.47 Å². The maximum Gasteiger partial charge on any atom is 0.163 e. The Balaban J connectivity index is 1.69. The molecule has 0 amide bonds. The third-order valence-electron chi connectivity index (χ3n) is 3.43. The molecule has 6 nitrogen and oxygen atoms in total. The van der Waals surface area contributed by atoms with Crippen LogP contribution >= 0.6 is 0 Å². The number of hydrogen-bond acceptors (Lipinski definition) is 5. The number of anilines is 3. The first kappa shape index (κ1) is 11.9. The molecule has 0 saturated carbocycles. The van der Waals surface area contributed by atoms with Gasteiger partial charge in [-0.15, -0.1) is 0 Å². The SMILES string of the molecule is Nc1cc2cn[nH]c2cc1Nc1ccc2c(c1)OCCO2. The molecule has 0 aliphatic carbocycles. The molecule has 2 aromatic carbocycles. The van der Waals surface area contributed by atoms with E-state index in [0.29, 0.717) is 18.9 Å². The largest absolute Gasteiger partial charge is 0.486 e. The zero-order valence-electron chi connectivity index (χ0n) is 11.2. The fourth-order valence-corrected chi connectivity index (χ4v) is 2.39. The van der Waals surface area contributed by atoms with Crippen molar-refractivity contribution in [2.24, 2.45) is 0 Å². The smallest absolute Gasteiger partial charge is 0.163 e. The average molecular weight is 282 g/mol. The van der Waals surface area contributed by atoms with Gasteiger partial charge in [-0.2, -0.15) is 5.10 Å². The normalized spacial score (nSPS) is 13.3. The molecular formula is C15H14N4O2. The lowest BCUT2D eigenvalue weighted by molar-refractivity contribution is 0.171. The fraction of sp³-hybridized carbons (Fsp3) is 0.133. The molecule has 2 heterocycles. The van der Waals surface area contributed by atoms with E-state index in [-0.39, 0.29) is 0 Å². The number of nitrogens with one attached hydrogen (secondary N) is 2. The molecule has 3 aromatic rings. The zero-order chi connectivity index (χ0) is 14.2. The summed E-state index contributed by atoms with van der Waals surface area (Å²) >= 11 is 0. The molecule has 1 aliphatic heterocycles. The minimum absolute atomic E-state index is 0.568. The van der Waals surface area contributed by atoms with Crippen LogP contribution in [-0.4, -0.2) is 23.4 Å². The van der Waals surface area contributed by atoms with Crippen LogP contribution in [0.4, 0.5) is 17.1 Å². The number of hydrogen-bond donors (Lipinski definition) is 3. The van der Waals surface area contributed by atoms with Crippen LogP contribution in [0.25, 0.3) is 10.9 Å². The number of fused-ring (bicyclic) bond motifs is 2. The molecule has 4 rings (SSSR count). The number of ether oxygens (including phenoxy) is 2. The maximum atomic E-state index is 6.07. The Kier molecular flexibility index (Phi) is 2.60. The van der Waals surface area contributed by atoms with Gasteiger partial charge in [-0.25, -0.2) is 0 Å². The van der Waals surface area contributed by atoms with Gasteiger partial charge in [0.25, 0.3) is 0 Å². The van der Waals surface area contributed by atoms with Crippen LogP contribution in [0.1, 0.15) is 0 Å². The van der Waals surface area contributed by atoms with Crippen molar-refractivity contribution in [1.82, 2.24) is 10.2 Å². The lowest BCUT2D eigenvalue weighted by Gasteiger charge is -2.19. The summed E-state index contributed by atoms with van der Waals surface area (Å²) < 4.78 is 11.1. The van der Waals surface area contributed by atoms with Crippen LogP contribution < -0.4 is 20.5 Å². The molecule has 6 heteroatoms. The Labute approximate surface area is 120 Å². The summed E-state index contributed by atoms with van der Waals surface area (Å²) in [5.74, 6) is 1.51. The van der Waals surface area contributed by atoms with Crippen LogP contribution in [0.5, 0.6) is 11.5 Å². The van der Waals surface area contributed by atoms with Crippen LogP contribution in [0.3, 0.4) is 0 Å². The Hall–Kier alpha value is -2.89. The molecule has 0 unspecified atom stereocenters. The average Bonchev–Trinajstić information content (AvgIpc) is 2.94. The van der Waals surface area contributed by atoms with E-state index in [2.05, 4.69) is 15.5 Å². The Morgan fingerprint density at radius 3 is 2.86 bits per heavy atom. The number of nitrogens with zero attached hydrogens (tertiary/aromatic N) is 1. The summed E-state index contributed by atoms with van der Waals surface area (Å²) in [6.07, 6.45) is 1.75. The van der Waals surface area contributed by atoms with Crippen LogP contribution in [0.2, 0.25) is 0 Å². The number of rotatable bonds is 2. The Morgan fingerprint density at radius 1 is 1.10 bits per heavy atom. The predicted molar refractivity (Wildman–Crippen MR) is 81.2 cm³/mol. The number of aromatic amines is 1. The van der Waals surface area contributed by atoms with Crippen molar-refractivity contribution in [1.29, 1.82) is 0 Å². The summed E-state index contributed by atoms with van der Waals surface area (Å²) in [7, 11) is 0. The number of benzene rings is 2. The predicted octanol–water partition coefficient (Wildman–Crippen LogP) is 2.66. The van der Waals surface area contributed by atoms with Gasteiger partial charge < -0.3 is 20.5 Å². The van der Waals surface area contributed by atoms with Crippen molar-refractivity contribution >= 4 is 28.0 Å². The second kappa shape index (κ2) is 4.59. The Bertz CT molecular complexity index is 813. The monoisotopic (exact) mass is 282 g/mol. The summed E-state index contributed by atoms with van der Waals surface area (Å²) in [5.41, 5.74) is 9.39. The van der Waals surface area contributed by atoms with Crippen molar-refractivity contribution in [3.05, 3.63) is 36.5 Å². The van der Waals surface area contributed by atoms with E-state index in [1.807, 2.05) is 30.3 Å². The molecular weight excluding hydrogens is 268 g/mol. The lowest BCUT2D eigenvalue weighted by atomic mass is 10.2. The van der Waals surface area contributed by atoms with E-state index in [9.17, 15) is 0 Å². The van der Waals surface area contributed by atoms with Gasteiger partial charge in [0.2, 0.25) is 0 Å². The van der Waals surface area contributed by atoms with E-state index in [0.717, 1.165) is 33.8 Å². The third-order valence-corrected chi connectivity index (χ3v) is 3.43. The molecule has 21 heavy (non-hydrogen) atoms. The molecule has 0 radical (unpaired) electrons. The first-order valence-electron chi connectivity index (χ1n) is 6.69.